The molecule has 0 fully saturated rings. The fourth-order valence-electron chi connectivity index (χ4n) is 1.59. The summed E-state index contributed by atoms with van der Waals surface area (Å²) >= 11 is 8.03. The van der Waals surface area contributed by atoms with Gasteiger partial charge in [-0.05, 0) is 37.6 Å². The Morgan fingerprint density at radius 2 is 2.18 bits per heavy atom. The molecule has 0 saturated heterocycles. The second-order valence-corrected chi connectivity index (χ2v) is 6.28. The van der Waals surface area contributed by atoms with E-state index in [9.17, 15) is 0 Å². The van der Waals surface area contributed by atoms with E-state index in [-0.39, 0.29) is 0 Å². The minimum Gasteiger partial charge on any atom is -0.316 e. The standard InChI is InChI=1S/C14H22ClNS/c1-4-11(2)17-10-14(16-3)9-12-6-5-7-13(15)8-12/h5-8,11,14,16H,4,9-10H2,1-3H3. The summed E-state index contributed by atoms with van der Waals surface area (Å²) in [5.41, 5.74) is 1.31. The van der Waals surface area contributed by atoms with E-state index < -0.39 is 0 Å². The number of halogens is 1. The summed E-state index contributed by atoms with van der Waals surface area (Å²) < 4.78 is 0. The quantitative estimate of drug-likeness (QED) is 0.804. The van der Waals surface area contributed by atoms with Crippen molar-refractivity contribution in [3.8, 4) is 0 Å². The van der Waals surface area contributed by atoms with Gasteiger partial charge in [0.1, 0.15) is 0 Å². The average Bonchev–Trinajstić information content (AvgIpc) is 2.34. The van der Waals surface area contributed by atoms with Crippen molar-refractivity contribution in [3.05, 3.63) is 34.9 Å². The third-order valence-corrected chi connectivity index (χ3v) is 4.67. The Kier molecular flexibility index (Phi) is 7.02. The van der Waals surface area contributed by atoms with Crippen LogP contribution in [0.2, 0.25) is 5.02 Å². The molecule has 1 aromatic rings. The molecule has 0 aliphatic heterocycles. The van der Waals surface area contributed by atoms with Gasteiger partial charge in [0.25, 0.3) is 0 Å². The van der Waals surface area contributed by atoms with Crippen LogP contribution in [0.15, 0.2) is 24.3 Å². The number of rotatable bonds is 7. The first-order valence-electron chi connectivity index (χ1n) is 6.19. The Balaban J connectivity index is 2.46. The largest absolute Gasteiger partial charge is 0.316 e. The predicted molar refractivity (Wildman–Crippen MR) is 80.2 cm³/mol. The third-order valence-electron chi connectivity index (χ3n) is 2.94. The Hall–Kier alpha value is -0.180. The highest BCUT2D eigenvalue weighted by Crippen LogP contribution is 2.17. The van der Waals surface area contributed by atoms with Gasteiger partial charge in [0, 0.05) is 22.1 Å². The molecule has 1 N–H and O–H groups in total. The lowest BCUT2D eigenvalue weighted by atomic mass is 10.1. The van der Waals surface area contributed by atoms with Crippen molar-refractivity contribution in [1.29, 1.82) is 0 Å². The van der Waals surface area contributed by atoms with Crippen LogP contribution < -0.4 is 5.32 Å². The highest BCUT2D eigenvalue weighted by Gasteiger charge is 2.09. The normalized spacial score (nSPS) is 14.6. The predicted octanol–water partition coefficient (Wildman–Crippen LogP) is 4.00. The lowest BCUT2D eigenvalue weighted by Crippen LogP contribution is -2.30. The van der Waals surface area contributed by atoms with E-state index in [1.807, 2.05) is 30.9 Å². The van der Waals surface area contributed by atoms with E-state index in [0.29, 0.717) is 6.04 Å². The molecule has 1 rings (SSSR count). The molecular formula is C14H22ClNS. The van der Waals surface area contributed by atoms with Crippen LogP contribution in [0.25, 0.3) is 0 Å². The number of thioether (sulfide) groups is 1. The number of hydrogen-bond donors (Lipinski definition) is 1. The minimum absolute atomic E-state index is 0.521. The average molecular weight is 272 g/mol. The summed E-state index contributed by atoms with van der Waals surface area (Å²) in [4.78, 5) is 0. The van der Waals surface area contributed by atoms with Gasteiger partial charge in [0.2, 0.25) is 0 Å². The van der Waals surface area contributed by atoms with Crippen molar-refractivity contribution in [1.82, 2.24) is 5.32 Å². The second-order valence-electron chi connectivity index (χ2n) is 4.37. The van der Waals surface area contributed by atoms with Crippen LogP contribution in [0, 0.1) is 0 Å². The van der Waals surface area contributed by atoms with E-state index >= 15 is 0 Å². The topological polar surface area (TPSA) is 12.0 Å². The zero-order chi connectivity index (χ0) is 12.7. The molecular weight excluding hydrogens is 250 g/mol. The van der Waals surface area contributed by atoms with E-state index in [0.717, 1.165) is 22.4 Å². The maximum absolute atomic E-state index is 6.00. The second kappa shape index (κ2) is 8.02. The highest BCUT2D eigenvalue weighted by atomic mass is 35.5. The molecule has 0 radical (unpaired) electrons. The van der Waals surface area contributed by atoms with Crippen molar-refractivity contribution in [3.63, 3.8) is 0 Å². The molecule has 3 heteroatoms. The Labute approximate surface area is 114 Å². The van der Waals surface area contributed by atoms with Crippen LogP contribution in [-0.2, 0) is 6.42 Å². The minimum atomic E-state index is 0.521. The van der Waals surface area contributed by atoms with Crippen LogP contribution in [0.5, 0.6) is 0 Å². The highest BCUT2D eigenvalue weighted by molar-refractivity contribution is 7.99. The zero-order valence-electron chi connectivity index (χ0n) is 10.9. The molecule has 0 bridgehead atoms. The fraction of sp³-hybridized carbons (Fsp3) is 0.571. The Morgan fingerprint density at radius 1 is 1.41 bits per heavy atom. The van der Waals surface area contributed by atoms with E-state index in [1.165, 1.54) is 12.0 Å². The number of hydrogen-bond acceptors (Lipinski definition) is 2. The SMILES string of the molecule is CCC(C)SCC(Cc1cccc(Cl)c1)NC. The summed E-state index contributed by atoms with van der Waals surface area (Å²) in [7, 11) is 2.03. The summed E-state index contributed by atoms with van der Waals surface area (Å²) in [6.07, 6.45) is 2.28. The van der Waals surface area contributed by atoms with Gasteiger partial charge in [-0.2, -0.15) is 11.8 Å². The fourth-order valence-corrected chi connectivity index (χ4v) is 2.88. The zero-order valence-corrected chi connectivity index (χ0v) is 12.4. The molecule has 0 heterocycles. The van der Waals surface area contributed by atoms with Crippen LogP contribution in [0.1, 0.15) is 25.8 Å². The van der Waals surface area contributed by atoms with E-state index in [4.69, 9.17) is 11.6 Å². The molecule has 1 nitrogen and oxygen atoms in total. The lowest BCUT2D eigenvalue weighted by molar-refractivity contribution is 0.616. The lowest BCUT2D eigenvalue weighted by Gasteiger charge is -2.18. The van der Waals surface area contributed by atoms with Gasteiger partial charge in [-0.1, -0.05) is 37.6 Å². The van der Waals surface area contributed by atoms with Gasteiger partial charge in [-0.3, -0.25) is 0 Å². The van der Waals surface area contributed by atoms with Crippen LogP contribution >= 0.6 is 23.4 Å². The monoisotopic (exact) mass is 271 g/mol. The van der Waals surface area contributed by atoms with Gasteiger partial charge < -0.3 is 5.32 Å². The van der Waals surface area contributed by atoms with Gasteiger partial charge in [-0.15, -0.1) is 0 Å². The summed E-state index contributed by atoms with van der Waals surface area (Å²) in [5, 5.41) is 4.95. The molecule has 2 unspecified atom stereocenters. The molecule has 96 valence electrons. The Morgan fingerprint density at radius 3 is 2.76 bits per heavy atom. The van der Waals surface area contributed by atoms with Gasteiger partial charge in [0.05, 0.1) is 0 Å². The van der Waals surface area contributed by atoms with Crippen LogP contribution in [0.4, 0.5) is 0 Å². The first-order valence-corrected chi connectivity index (χ1v) is 7.61. The molecule has 0 spiro atoms. The maximum atomic E-state index is 6.00. The van der Waals surface area contributed by atoms with E-state index in [1.54, 1.807) is 0 Å². The third kappa shape index (κ3) is 5.80. The Bertz CT molecular complexity index is 330. The molecule has 1 aromatic carbocycles. The van der Waals surface area contributed by atoms with Crippen LogP contribution in [0.3, 0.4) is 0 Å². The molecule has 0 amide bonds. The summed E-state index contributed by atoms with van der Waals surface area (Å²) in [6, 6.07) is 8.66. The van der Waals surface area contributed by atoms with Crippen molar-refractivity contribution >= 4 is 23.4 Å². The summed E-state index contributed by atoms with van der Waals surface area (Å²) in [5.74, 6) is 1.15. The number of benzene rings is 1. The van der Waals surface area contributed by atoms with Crippen molar-refractivity contribution < 1.29 is 0 Å². The van der Waals surface area contributed by atoms with Crippen molar-refractivity contribution in [2.45, 2.75) is 38.0 Å². The number of nitrogens with one attached hydrogen (secondary N) is 1. The first kappa shape index (κ1) is 14.9. The van der Waals surface area contributed by atoms with Gasteiger partial charge in [0.15, 0.2) is 0 Å². The van der Waals surface area contributed by atoms with E-state index in [2.05, 4.69) is 31.3 Å². The molecule has 0 aliphatic carbocycles. The molecule has 0 aliphatic rings. The maximum Gasteiger partial charge on any atom is 0.0408 e. The molecule has 0 saturated carbocycles. The smallest absolute Gasteiger partial charge is 0.0408 e. The summed E-state index contributed by atoms with van der Waals surface area (Å²) in [6.45, 7) is 4.53. The molecule has 0 aromatic heterocycles. The molecule has 2 atom stereocenters. The van der Waals surface area contributed by atoms with Crippen molar-refractivity contribution in [2.75, 3.05) is 12.8 Å². The van der Waals surface area contributed by atoms with Gasteiger partial charge >= 0.3 is 0 Å². The number of likely N-dealkylation sites (N-methyl/N-ethyl adjacent to an activating group) is 1. The van der Waals surface area contributed by atoms with Crippen molar-refractivity contribution in [2.24, 2.45) is 0 Å². The molecule has 17 heavy (non-hydrogen) atoms. The first-order chi connectivity index (χ1) is 8.15. The van der Waals surface area contributed by atoms with Crippen LogP contribution in [-0.4, -0.2) is 24.1 Å². The van der Waals surface area contributed by atoms with Gasteiger partial charge in [-0.25, -0.2) is 0 Å².